The molecule has 0 fully saturated rings. The number of fused-ring (bicyclic) bond motifs is 1. The highest BCUT2D eigenvalue weighted by molar-refractivity contribution is 7.80. The quantitative estimate of drug-likeness (QED) is 0.480. The van der Waals surface area contributed by atoms with E-state index in [0.717, 1.165) is 10.3 Å². The SMILES string of the molecule is CC(C)(C)c1ccc(C(=O)NC(=S)Nc2nc3c(Cl)c(Cl)ccc3s2)cc1. The number of aromatic nitrogens is 1. The van der Waals surface area contributed by atoms with E-state index in [4.69, 9.17) is 35.4 Å². The normalized spacial score (nSPS) is 11.4. The molecule has 2 N–H and O–H groups in total. The maximum Gasteiger partial charge on any atom is 0.257 e. The largest absolute Gasteiger partial charge is 0.308 e. The van der Waals surface area contributed by atoms with Crippen molar-refractivity contribution in [2.75, 3.05) is 5.32 Å². The van der Waals surface area contributed by atoms with Crippen LogP contribution in [0.25, 0.3) is 10.2 Å². The standard InChI is InChI=1S/C19H17Cl2N3OS2/c1-19(2,3)11-6-4-10(5-7-11)16(25)23-17(26)24-18-22-15-13(27-18)9-8-12(20)14(15)21/h4-9H,1-3H3,(H2,22,23,24,25,26). The maximum atomic E-state index is 12.4. The van der Waals surface area contributed by atoms with Crippen LogP contribution in [0, 0.1) is 0 Å². The van der Waals surface area contributed by atoms with Gasteiger partial charge in [0.2, 0.25) is 0 Å². The summed E-state index contributed by atoms with van der Waals surface area (Å²) in [5, 5.41) is 7.12. The van der Waals surface area contributed by atoms with Crippen LogP contribution in [-0.4, -0.2) is 16.0 Å². The van der Waals surface area contributed by atoms with Crippen LogP contribution in [0.1, 0.15) is 36.7 Å². The van der Waals surface area contributed by atoms with Crippen molar-refractivity contribution in [1.82, 2.24) is 10.3 Å². The molecule has 140 valence electrons. The van der Waals surface area contributed by atoms with E-state index in [1.54, 1.807) is 18.2 Å². The van der Waals surface area contributed by atoms with Gasteiger partial charge in [-0.05, 0) is 47.5 Å². The average Bonchev–Trinajstić information content (AvgIpc) is 3.00. The van der Waals surface area contributed by atoms with Crippen LogP contribution in [-0.2, 0) is 5.41 Å². The van der Waals surface area contributed by atoms with Crippen molar-refractivity contribution in [2.45, 2.75) is 26.2 Å². The number of halogens is 2. The lowest BCUT2D eigenvalue weighted by atomic mass is 9.87. The lowest BCUT2D eigenvalue weighted by Gasteiger charge is -2.19. The zero-order valence-electron chi connectivity index (χ0n) is 14.9. The average molecular weight is 438 g/mol. The number of amides is 1. The Balaban J connectivity index is 1.68. The van der Waals surface area contributed by atoms with Crippen molar-refractivity contribution in [3.8, 4) is 0 Å². The zero-order chi connectivity index (χ0) is 19.8. The maximum absolute atomic E-state index is 12.4. The molecule has 0 spiro atoms. The van der Waals surface area contributed by atoms with Gasteiger partial charge in [-0.15, -0.1) is 0 Å². The molecule has 0 aliphatic carbocycles. The van der Waals surface area contributed by atoms with Gasteiger partial charge in [-0.1, -0.05) is 67.4 Å². The number of anilines is 1. The van der Waals surface area contributed by atoms with Crippen molar-refractivity contribution in [3.63, 3.8) is 0 Å². The first-order valence-corrected chi connectivity index (χ1v) is 10.1. The fraction of sp³-hybridized carbons (Fsp3) is 0.211. The topological polar surface area (TPSA) is 54.0 Å². The van der Waals surface area contributed by atoms with Gasteiger partial charge < -0.3 is 5.32 Å². The predicted octanol–water partition coefficient (Wildman–Crippen LogP) is 6.03. The molecule has 3 aromatic rings. The highest BCUT2D eigenvalue weighted by Crippen LogP contribution is 2.35. The molecule has 1 heterocycles. The van der Waals surface area contributed by atoms with Gasteiger partial charge in [0, 0.05) is 5.56 Å². The Labute approximate surface area is 176 Å². The van der Waals surface area contributed by atoms with Gasteiger partial charge in [-0.2, -0.15) is 0 Å². The van der Waals surface area contributed by atoms with Gasteiger partial charge >= 0.3 is 0 Å². The summed E-state index contributed by atoms with van der Waals surface area (Å²) in [5.74, 6) is -0.282. The molecule has 1 amide bonds. The van der Waals surface area contributed by atoms with Crippen LogP contribution < -0.4 is 10.6 Å². The molecule has 0 aliphatic rings. The smallest absolute Gasteiger partial charge is 0.257 e. The van der Waals surface area contributed by atoms with E-state index in [9.17, 15) is 4.79 Å². The summed E-state index contributed by atoms with van der Waals surface area (Å²) in [7, 11) is 0. The third-order valence-corrected chi connectivity index (χ3v) is 5.85. The number of rotatable bonds is 2. The number of hydrogen-bond donors (Lipinski definition) is 2. The van der Waals surface area contributed by atoms with Crippen molar-refractivity contribution in [1.29, 1.82) is 0 Å². The summed E-state index contributed by atoms with van der Waals surface area (Å²) in [6, 6.07) is 11.0. The molecular formula is C19H17Cl2N3OS2. The van der Waals surface area contributed by atoms with E-state index >= 15 is 0 Å². The van der Waals surface area contributed by atoms with Crippen LogP contribution in [0.15, 0.2) is 36.4 Å². The third kappa shape index (κ3) is 4.58. The number of carbonyl (C=O) groups excluding carboxylic acids is 1. The third-order valence-electron chi connectivity index (χ3n) is 3.91. The fourth-order valence-electron chi connectivity index (χ4n) is 2.42. The second-order valence-electron chi connectivity index (χ2n) is 6.96. The summed E-state index contributed by atoms with van der Waals surface area (Å²) in [5.41, 5.74) is 2.32. The Kier molecular flexibility index (Phi) is 5.72. The van der Waals surface area contributed by atoms with E-state index in [1.165, 1.54) is 11.3 Å². The molecule has 4 nitrogen and oxygen atoms in total. The van der Waals surface area contributed by atoms with E-state index < -0.39 is 0 Å². The number of nitrogens with one attached hydrogen (secondary N) is 2. The molecule has 1 aromatic heterocycles. The zero-order valence-corrected chi connectivity index (χ0v) is 18.0. The molecule has 0 radical (unpaired) electrons. The highest BCUT2D eigenvalue weighted by atomic mass is 35.5. The molecule has 0 saturated carbocycles. The summed E-state index contributed by atoms with van der Waals surface area (Å²) in [6.07, 6.45) is 0. The Bertz CT molecular complexity index is 1020. The molecule has 0 unspecified atom stereocenters. The van der Waals surface area contributed by atoms with Gasteiger partial charge in [0.1, 0.15) is 5.52 Å². The fourth-order valence-corrected chi connectivity index (χ4v) is 3.96. The first-order chi connectivity index (χ1) is 12.6. The molecule has 0 aliphatic heterocycles. The number of nitrogens with zero attached hydrogens (tertiary/aromatic N) is 1. The summed E-state index contributed by atoms with van der Waals surface area (Å²) in [4.78, 5) is 16.8. The van der Waals surface area contributed by atoms with E-state index in [-0.39, 0.29) is 16.4 Å². The second kappa shape index (κ2) is 7.72. The predicted molar refractivity (Wildman–Crippen MR) is 118 cm³/mol. The number of thiocarbonyl (C=S) groups is 1. The van der Waals surface area contributed by atoms with E-state index in [1.807, 2.05) is 18.2 Å². The minimum atomic E-state index is -0.282. The molecular weight excluding hydrogens is 421 g/mol. The molecule has 3 rings (SSSR count). The molecule has 0 atom stereocenters. The van der Waals surface area contributed by atoms with Gasteiger partial charge in [0.05, 0.1) is 14.7 Å². The van der Waals surface area contributed by atoms with Gasteiger partial charge in [-0.25, -0.2) is 4.98 Å². The molecule has 0 bridgehead atoms. The van der Waals surface area contributed by atoms with Crippen molar-refractivity contribution < 1.29 is 4.79 Å². The Morgan fingerprint density at radius 2 is 1.78 bits per heavy atom. The number of thiazole rings is 1. The van der Waals surface area contributed by atoms with Gasteiger partial charge in [0.25, 0.3) is 5.91 Å². The molecule has 2 aromatic carbocycles. The van der Waals surface area contributed by atoms with Crippen molar-refractivity contribution in [2.24, 2.45) is 0 Å². The summed E-state index contributed by atoms with van der Waals surface area (Å²) in [6.45, 7) is 6.37. The van der Waals surface area contributed by atoms with Crippen LogP contribution >= 0.6 is 46.8 Å². The van der Waals surface area contributed by atoms with E-state index in [2.05, 4.69) is 36.4 Å². The van der Waals surface area contributed by atoms with Crippen molar-refractivity contribution >= 4 is 73.1 Å². The van der Waals surface area contributed by atoms with Crippen LogP contribution in [0.2, 0.25) is 10.0 Å². The monoisotopic (exact) mass is 437 g/mol. The first-order valence-electron chi connectivity index (χ1n) is 8.12. The molecule has 8 heteroatoms. The number of carbonyl (C=O) groups is 1. The second-order valence-corrected chi connectivity index (χ2v) is 9.19. The lowest BCUT2D eigenvalue weighted by molar-refractivity contribution is 0.0977. The van der Waals surface area contributed by atoms with E-state index in [0.29, 0.717) is 26.3 Å². The summed E-state index contributed by atoms with van der Waals surface area (Å²) < 4.78 is 0.874. The molecule has 27 heavy (non-hydrogen) atoms. The van der Waals surface area contributed by atoms with Crippen molar-refractivity contribution in [3.05, 3.63) is 57.6 Å². The lowest BCUT2D eigenvalue weighted by Crippen LogP contribution is -2.34. The van der Waals surface area contributed by atoms with Crippen LogP contribution in [0.5, 0.6) is 0 Å². The van der Waals surface area contributed by atoms with Crippen LogP contribution in [0.4, 0.5) is 5.13 Å². The highest BCUT2D eigenvalue weighted by Gasteiger charge is 2.15. The Hall–Kier alpha value is -1.73. The van der Waals surface area contributed by atoms with Crippen LogP contribution in [0.3, 0.4) is 0 Å². The summed E-state index contributed by atoms with van der Waals surface area (Å²) >= 11 is 18.8. The minimum absolute atomic E-state index is 0.0306. The van der Waals surface area contributed by atoms with Gasteiger partial charge in [0.15, 0.2) is 10.2 Å². The Morgan fingerprint density at radius 3 is 2.41 bits per heavy atom. The first kappa shape index (κ1) is 20.0. The Morgan fingerprint density at radius 1 is 1.11 bits per heavy atom. The molecule has 0 saturated heterocycles. The number of benzene rings is 2. The number of hydrogen-bond acceptors (Lipinski definition) is 4. The van der Waals surface area contributed by atoms with Gasteiger partial charge in [-0.3, -0.25) is 10.1 Å². The minimum Gasteiger partial charge on any atom is -0.308 e.